The van der Waals surface area contributed by atoms with E-state index in [-0.39, 0.29) is 17.2 Å². The van der Waals surface area contributed by atoms with Gasteiger partial charge in [-0.25, -0.2) is 0 Å². The number of nitriles is 1. The summed E-state index contributed by atoms with van der Waals surface area (Å²) in [5, 5.41) is 9.74. The molecule has 0 spiro atoms. The number of carbonyl (C=O) groups excluding carboxylic acids is 1. The summed E-state index contributed by atoms with van der Waals surface area (Å²) in [6.07, 6.45) is 1.77. The Hall–Kier alpha value is -3.92. The Kier molecular flexibility index (Phi) is 6.04. The van der Waals surface area contributed by atoms with Crippen molar-refractivity contribution in [3.63, 3.8) is 0 Å². The summed E-state index contributed by atoms with van der Waals surface area (Å²) in [5.41, 5.74) is 8.37. The van der Waals surface area contributed by atoms with Crippen LogP contribution in [0.3, 0.4) is 0 Å². The van der Waals surface area contributed by atoms with Crippen molar-refractivity contribution in [2.75, 3.05) is 14.2 Å². The fraction of sp³-hybridized carbons (Fsp3) is 0.280. The summed E-state index contributed by atoms with van der Waals surface area (Å²) in [6.45, 7) is 0.291. The van der Waals surface area contributed by atoms with E-state index in [9.17, 15) is 10.1 Å². The molecule has 2 aromatic carbocycles. The summed E-state index contributed by atoms with van der Waals surface area (Å²) in [5.74, 6) is 2.09. The summed E-state index contributed by atoms with van der Waals surface area (Å²) in [4.78, 5) is 12.7. The lowest BCUT2D eigenvalue weighted by atomic mass is 9.77. The zero-order valence-electron chi connectivity index (χ0n) is 18.0. The molecule has 0 fully saturated rings. The van der Waals surface area contributed by atoms with E-state index in [2.05, 4.69) is 6.07 Å². The number of methoxy groups -OCH3 is 2. The molecule has 1 aliphatic carbocycles. The highest BCUT2D eigenvalue weighted by Gasteiger charge is 2.38. The number of ether oxygens (including phenoxy) is 4. The molecule has 0 saturated heterocycles. The molecule has 1 aliphatic heterocycles. The molecule has 2 N–H and O–H groups in total. The first-order valence-corrected chi connectivity index (χ1v) is 10.3. The smallest absolute Gasteiger partial charge is 0.205 e. The second-order valence-electron chi connectivity index (χ2n) is 7.57. The molecule has 164 valence electrons. The quantitative estimate of drug-likeness (QED) is 0.733. The van der Waals surface area contributed by atoms with Crippen LogP contribution in [-0.2, 0) is 16.1 Å². The summed E-state index contributed by atoms with van der Waals surface area (Å²) in [6, 6.07) is 15.0. The average Bonchev–Trinajstić information content (AvgIpc) is 2.82. The molecule has 0 amide bonds. The molecule has 0 radical (unpaired) electrons. The van der Waals surface area contributed by atoms with Gasteiger partial charge in [-0.1, -0.05) is 12.1 Å². The Morgan fingerprint density at radius 2 is 1.84 bits per heavy atom. The van der Waals surface area contributed by atoms with Gasteiger partial charge in [-0.05, 0) is 42.3 Å². The Morgan fingerprint density at radius 1 is 1.09 bits per heavy atom. The molecule has 7 heteroatoms. The summed E-state index contributed by atoms with van der Waals surface area (Å²) >= 11 is 0. The van der Waals surface area contributed by atoms with Crippen LogP contribution in [0, 0.1) is 11.3 Å². The predicted molar refractivity (Wildman–Crippen MR) is 117 cm³/mol. The van der Waals surface area contributed by atoms with Crippen LogP contribution >= 0.6 is 0 Å². The molecule has 2 aliphatic rings. The predicted octanol–water partition coefficient (Wildman–Crippen LogP) is 4.10. The van der Waals surface area contributed by atoms with Gasteiger partial charge in [0.15, 0.2) is 5.78 Å². The Bertz CT molecular complexity index is 1140. The van der Waals surface area contributed by atoms with Crippen molar-refractivity contribution in [3.8, 4) is 23.3 Å². The van der Waals surface area contributed by atoms with E-state index in [0.717, 1.165) is 16.9 Å². The highest BCUT2D eigenvalue weighted by Crippen LogP contribution is 2.44. The standard InChI is InChI=1S/C25H24N2O5/c1-29-17-8-10-18(11-9-17)31-14-16-7-6-15(12-22(16)30-2)23-19(13-26)25(27)32-21-5-3-4-20(28)24(21)23/h6-12,23H,3-5,14,27H2,1-2H3. The minimum atomic E-state index is -0.568. The van der Waals surface area contributed by atoms with Crippen LogP contribution in [0.15, 0.2) is 65.3 Å². The lowest BCUT2D eigenvalue weighted by molar-refractivity contribution is -0.116. The molecule has 1 unspecified atom stereocenters. The molecule has 0 bridgehead atoms. The van der Waals surface area contributed by atoms with Crippen molar-refractivity contribution >= 4 is 5.78 Å². The minimum absolute atomic E-state index is 0.0117. The second-order valence-corrected chi connectivity index (χ2v) is 7.57. The number of hydrogen-bond donors (Lipinski definition) is 1. The summed E-state index contributed by atoms with van der Waals surface area (Å²) in [7, 11) is 3.19. The van der Waals surface area contributed by atoms with Crippen molar-refractivity contribution in [2.24, 2.45) is 5.73 Å². The van der Waals surface area contributed by atoms with Crippen LogP contribution < -0.4 is 19.9 Å². The molecule has 2 aromatic rings. The van der Waals surface area contributed by atoms with Crippen molar-refractivity contribution in [1.82, 2.24) is 0 Å². The van der Waals surface area contributed by atoms with Gasteiger partial charge in [0.2, 0.25) is 5.88 Å². The first kappa shape index (κ1) is 21.3. The van der Waals surface area contributed by atoms with Gasteiger partial charge in [0.1, 0.15) is 41.3 Å². The largest absolute Gasteiger partial charge is 0.497 e. The van der Waals surface area contributed by atoms with Gasteiger partial charge < -0.3 is 24.7 Å². The van der Waals surface area contributed by atoms with E-state index in [4.69, 9.17) is 24.7 Å². The number of carbonyl (C=O) groups is 1. The number of ketones is 1. The lowest BCUT2D eigenvalue weighted by Gasteiger charge is -2.31. The number of allylic oxidation sites excluding steroid dienone is 3. The molecule has 0 saturated carbocycles. The highest BCUT2D eigenvalue weighted by atomic mass is 16.5. The fourth-order valence-corrected chi connectivity index (χ4v) is 4.08. The molecule has 1 atom stereocenters. The van der Waals surface area contributed by atoms with Gasteiger partial charge in [0, 0.05) is 24.0 Å². The molecule has 1 heterocycles. The number of benzene rings is 2. The van der Waals surface area contributed by atoms with Crippen molar-refractivity contribution < 1.29 is 23.7 Å². The molecule has 7 nitrogen and oxygen atoms in total. The van der Waals surface area contributed by atoms with Crippen LogP contribution in [0.4, 0.5) is 0 Å². The van der Waals surface area contributed by atoms with Gasteiger partial charge in [-0.3, -0.25) is 4.79 Å². The first-order chi connectivity index (χ1) is 15.5. The molecule has 4 rings (SSSR count). The van der Waals surface area contributed by atoms with E-state index in [1.165, 1.54) is 0 Å². The van der Waals surface area contributed by atoms with E-state index < -0.39 is 5.92 Å². The number of nitrogens with two attached hydrogens (primary N) is 1. The van der Waals surface area contributed by atoms with Crippen molar-refractivity contribution in [2.45, 2.75) is 31.8 Å². The zero-order chi connectivity index (χ0) is 22.7. The van der Waals surface area contributed by atoms with Crippen LogP contribution in [0.2, 0.25) is 0 Å². The lowest BCUT2D eigenvalue weighted by Crippen LogP contribution is -2.27. The molecular weight excluding hydrogens is 408 g/mol. The third kappa shape index (κ3) is 4.00. The maximum Gasteiger partial charge on any atom is 0.205 e. The van der Waals surface area contributed by atoms with Crippen LogP contribution in [0.25, 0.3) is 0 Å². The van der Waals surface area contributed by atoms with E-state index in [1.807, 2.05) is 42.5 Å². The monoisotopic (exact) mass is 432 g/mol. The third-order valence-electron chi connectivity index (χ3n) is 5.70. The van der Waals surface area contributed by atoms with E-state index in [1.54, 1.807) is 14.2 Å². The number of nitrogens with zero attached hydrogens (tertiary/aromatic N) is 1. The SMILES string of the molecule is COc1ccc(OCc2ccc(C3C(C#N)=C(N)OC4=C3C(=O)CCC4)cc2OC)cc1. The van der Waals surface area contributed by atoms with Gasteiger partial charge in [0.05, 0.1) is 20.1 Å². The van der Waals surface area contributed by atoms with Gasteiger partial charge in [0.25, 0.3) is 0 Å². The second kappa shape index (κ2) is 9.06. The Morgan fingerprint density at radius 3 is 2.53 bits per heavy atom. The molecular formula is C25H24N2O5. The number of Topliss-reactive ketones (excluding diaryl/α,β-unsaturated/α-hetero) is 1. The van der Waals surface area contributed by atoms with Gasteiger partial charge >= 0.3 is 0 Å². The minimum Gasteiger partial charge on any atom is -0.497 e. The topological polar surface area (TPSA) is 104 Å². The molecule has 32 heavy (non-hydrogen) atoms. The fourth-order valence-electron chi connectivity index (χ4n) is 4.08. The Balaban J connectivity index is 1.64. The number of rotatable bonds is 6. The van der Waals surface area contributed by atoms with Crippen molar-refractivity contribution in [1.29, 1.82) is 5.26 Å². The van der Waals surface area contributed by atoms with E-state index in [0.29, 0.717) is 48.7 Å². The third-order valence-corrected chi connectivity index (χ3v) is 5.70. The Labute approximate surface area is 186 Å². The van der Waals surface area contributed by atoms with Gasteiger partial charge in [-0.15, -0.1) is 0 Å². The first-order valence-electron chi connectivity index (χ1n) is 10.3. The van der Waals surface area contributed by atoms with Crippen LogP contribution in [0.1, 0.15) is 36.3 Å². The average molecular weight is 432 g/mol. The number of hydrogen-bond acceptors (Lipinski definition) is 7. The van der Waals surface area contributed by atoms with Gasteiger partial charge in [-0.2, -0.15) is 5.26 Å². The maximum atomic E-state index is 12.7. The van der Waals surface area contributed by atoms with Crippen LogP contribution in [0.5, 0.6) is 17.2 Å². The summed E-state index contributed by atoms with van der Waals surface area (Å²) < 4.78 is 22.3. The zero-order valence-corrected chi connectivity index (χ0v) is 18.0. The maximum absolute atomic E-state index is 12.7. The van der Waals surface area contributed by atoms with Crippen LogP contribution in [-0.4, -0.2) is 20.0 Å². The highest BCUT2D eigenvalue weighted by molar-refractivity contribution is 5.99. The normalized spacial score (nSPS) is 17.9. The van der Waals surface area contributed by atoms with Crippen molar-refractivity contribution in [3.05, 3.63) is 76.4 Å². The molecule has 0 aromatic heterocycles. The van der Waals surface area contributed by atoms with E-state index >= 15 is 0 Å².